The molecular weight excluding hydrogens is 186 g/mol. The zero-order chi connectivity index (χ0) is 11.3. The van der Waals surface area contributed by atoms with Gasteiger partial charge in [0.05, 0.1) is 5.69 Å². The number of unbranched alkanes of at least 4 members (excludes halogenated alkanes) is 1. The molecule has 1 aromatic heterocycles. The lowest BCUT2D eigenvalue weighted by Crippen LogP contribution is -2.10. The van der Waals surface area contributed by atoms with Crippen molar-refractivity contribution in [3.05, 3.63) is 23.5 Å². The number of carbonyl (C=O) groups excluding carboxylic acids is 1. The summed E-state index contributed by atoms with van der Waals surface area (Å²) < 4.78 is 2.12. The number of hydrogen-bond acceptors (Lipinski definition) is 1. The highest BCUT2D eigenvalue weighted by Gasteiger charge is 2.13. The van der Waals surface area contributed by atoms with Gasteiger partial charge in [-0.1, -0.05) is 27.2 Å². The van der Waals surface area contributed by atoms with E-state index in [9.17, 15) is 4.79 Å². The lowest BCUT2D eigenvalue weighted by molar-refractivity contribution is 0.0978. The summed E-state index contributed by atoms with van der Waals surface area (Å²) in [6, 6.07) is 2.08. The van der Waals surface area contributed by atoms with Crippen LogP contribution in [0, 0.1) is 0 Å². The second-order valence-electron chi connectivity index (χ2n) is 3.87. The first-order valence-electron chi connectivity index (χ1n) is 5.95. The van der Waals surface area contributed by atoms with Crippen molar-refractivity contribution in [3.63, 3.8) is 0 Å². The maximum Gasteiger partial charge on any atom is 0.179 e. The standard InChI is InChI=1S/C13H21NO/c1-4-7-9-14-10-8-11(5-2)13(14)12(15)6-3/h8,10H,4-7,9H2,1-3H3. The van der Waals surface area contributed by atoms with Gasteiger partial charge < -0.3 is 4.57 Å². The molecule has 0 saturated heterocycles. The molecule has 0 atom stereocenters. The van der Waals surface area contributed by atoms with Crippen molar-refractivity contribution in [2.45, 2.75) is 53.0 Å². The van der Waals surface area contributed by atoms with Crippen molar-refractivity contribution in [2.75, 3.05) is 0 Å². The van der Waals surface area contributed by atoms with Crippen molar-refractivity contribution in [2.24, 2.45) is 0 Å². The number of carbonyl (C=O) groups is 1. The van der Waals surface area contributed by atoms with Gasteiger partial charge in [0.2, 0.25) is 0 Å². The van der Waals surface area contributed by atoms with Crippen LogP contribution in [0.3, 0.4) is 0 Å². The monoisotopic (exact) mass is 207 g/mol. The summed E-state index contributed by atoms with van der Waals surface area (Å²) in [5.41, 5.74) is 2.13. The van der Waals surface area contributed by atoms with Crippen molar-refractivity contribution < 1.29 is 4.79 Å². The molecule has 0 fully saturated rings. The fraction of sp³-hybridized carbons (Fsp3) is 0.615. The van der Waals surface area contributed by atoms with Crippen LogP contribution in [0.25, 0.3) is 0 Å². The van der Waals surface area contributed by atoms with Gasteiger partial charge in [0.25, 0.3) is 0 Å². The Bertz CT molecular complexity index is 325. The summed E-state index contributed by atoms with van der Waals surface area (Å²) in [4.78, 5) is 11.8. The van der Waals surface area contributed by atoms with E-state index in [1.54, 1.807) is 0 Å². The number of nitrogens with zero attached hydrogens (tertiary/aromatic N) is 1. The normalized spacial score (nSPS) is 10.6. The van der Waals surface area contributed by atoms with Crippen LogP contribution in [0.15, 0.2) is 12.3 Å². The third kappa shape index (κ3) is 2.71. The van der Waals surface area contributed by atoms with Gasteiger partial charge in [0, 0.05) is 19.2 Å². The quantitative estimate of drug-likeness (QED) is 0.655. The van der Waals surface area contributed by atoms with Crippen LogP contribution in [0.4, 0.5) is 0 Å². The molecule has 0 unspecified atom stereocenters. The second-order valence-corrected chi connectivity index (χ2v) is 3.87. The molecule has 1 heterocycles. The number of aromatic nitrogens is 1. The number of hydrogen-bond donors (Lipinski definition) is 0. The molecular formula is C13H21NO. The van der Waals surface area contributed by atoms with E-state index in [2.05, 4.69) is 30.7 Å². The minimum atomic E-state index is 0.271. The molecule has 2 nitrogen and oxygen atoms in total. The summed E-state index contributed by atoms with van der Waals surface area (Å²) >= 11 is 0. The third-order valence-electron chi connectivity index (χ3n) is 2.77. The molecule has 84 valence electrons. The van der Waals surface area contributed by atoms with Gasteiger partial charge in [-0.15, -0.1) is 0 Å². The Balaban J connectivity index is 2.95. The molecule has 1 rings (SSSR count). The van der Waals surface area contributed by atoms with E-state index in [4.69, 9.17) is 0 Å². The molecule has 0 amide bonds. The predicted octanol–water partition coefficient (Wildman–Crippen LogP) is 3.44. The summed E-state index contributed by atoms with van der Waals surface area (Å²) in [5.74, 6) is 0.271. The second kappa shape index (κ2) is 5.74. The average molecular weight is 207 g/mol. The number of ketones is 1. The maximum absolute atomic E-state index is 11.8. The van der Waals surface area contributed by atoms with Crippen LogP contribution >= 0.6 is 0 Å². The summed E-state index contributed by atoms with van der Waals surface area (Å²) in [5, 5.41) is 0. The van der Waals surface area contributed by atoms with E-state index in [1.165, 1.54) is 12.0 Å². The van der Waals surface area contributed by atoms with Gasteiger partial charge in [-0.2, -0.15) is 0 Å². The lowest BCUT2D eigenvalue weighted by atomic mass is 10.1. The van der Waals surface area contributed by atoms with E-state index in [-0.39, 0.29) is 5.78 Å². The largest absolute Gasteiger partial charge is 0.345 e. The maximum atomic E-state index is 11.8. The summed E-state index contributed by atoms with van der Waals surface area (Å²) in [6.45, 7) is 7.17. The van der Waals surface area contributed by atoms with Gasteiger partial charge in [0.1, 0.15) is 0 Å². The Morgan fingerprint density at radius 1 is 1.33 bits per heavy atom. The molecule has 0 N–H and O–H groups in total. The van der Waals surface area contributed by atoms with Crippen LogP contribution in [0.1, 0.15) is 56.1 Å². The van der Waals surface area contributed by atoms with E-state index in [1.807, 2.05) is 6.92 Å². The number of Topliss-reactive ketones (excluding diaryl/α,β-unsaturated/α-hetero) is 1. The smallest absolute Gasteiger partial charge is 0.179 e. The van der Waals surface area contributed by atoms with E-state index >= 15 is 0 Å². The van der Waals surface area contributed by atoms with Crippen LogP contribution in [-0.2, 0) is 13.0 Å². The van der Waals surface area contributed by atoms with Crippen molar-refractivity contribution >= 4 is 5.78 Å². The molecule has 0 aliphatic heterocycles. The predicted molar refractivity (Wildman–Crippen MR) is 63.3 cm³/mol. The summed E-state index contributed by atoms with van der Waals surface area (Å²) in [7, 11) is 0. The minimum absolute atomic E-state index is 0.271. The first kappa shape index (κ1) is 12.0. The number of rotatable bonds is 6. The van der Waals surface area contributed by atoms with Gasteiger partial charge in [-0.25, -0.2) is 0 Å². The average Bonchev–Trinajstić information content (AvgIpc) is 2.68. The zero-order valence-electron chi connectivity index (χ0n) is 10.0. The zero-order valence-corrected chi connectivity index (χ0v) is 10.0. The fourth-order valence-corrected chi connectivity index (χ4v) is 1.82. The fourth-order valence-electron chi connectivity index (χ4n) is 1.82. The first-order chi connectivity index (χ1) is 7.24. The molecule has 0 saturated carbocycles. The van der Waals surface area contributed by atoms with E-state index in [0.29, 0.717) is 6.42 Å². The van der Waals surface area contributed by atoms with Crippen molar-refractivity contribution in [3.8, 4) is 0 Å². The van der Waals surface area contributed by atoms with Gasteiger partial charge >= 0.3 is 0 Å². The topological polar surface area (TPSA) is 22.0 Å². The Morgan fingerprint density at radius 3 is 2.60 bits per heavy atom. The molecule has 15 heavy (non-hydrogen) atoms. The molecule has 0 aliphatic rings. The highest BCUT2D eigenvalue weighted by molar-refractivity contribution is 5.95. The number of aryl methyl sites for hydroxylation is 2. The van der Waals surface area contributed by atoms with Crippen LogP contribution < -0.4 is 0 Å². The van der Waals surface area contributed by atoms with Crippen molar-refractivity contribution in [1.82, 2.24) is 4.57 Å². The third-order valence-corrected chi connectivity index (χ3v) is 2.77. The van der Waals surface area contributed by atoms with Crippen LogP contribution in [0.5, 0.6) is 0 Å². The molecule has 2 heteroatoms. The Hall–Kier alpha value is -1.05. The lowest BCUT2D eigenvalue weighted by Gasteiger charge is -2.08. The van der Waals surface area contributed by atoms with Crippen molar-refractivity contribution in [1.29, 1.82) is 0 Å². The SMILES string of the molecule is CCCCn1ccc(CC)c1C(=O)CC. The van der Waals surface area contributed by atoms with Gasteiger partial charge in [0.15, 0.2) is 5.78 Å². The molecule has 0 bridgehead atoms. The first-order valence-corrected chi connectivity index (χ1v) is 5.95. The van der Waals surface area contributed by atoms with Gasteiger partial charge in [-0.05, 0) is 24.5 Å². The van der Waals surface area contributed by atoms with Crippen LogP contribution in [-0.4, -0.2) is 10.4 Å². The van der Waals surface area contributed by atoms with Gasteiger partial charge in [-0.3, -0.25) is 4.79 Å². The highest BCUT2D eigenvalue weighted by Crippen LogP contribution is 2.15. The molecule has 0 aliphatic carbocycles. The van der Waals surface area contributed by atoms with E-state index < -0.39 is 0 Å². The summed E-state index contributed by atoms with van der Waals surface area (Å²) in [6.07, 6.45) is 5.90. The Labute approximate surface area is 92.3 Å². The van der Waals surface area contributed by atoms with E-state index in [0.717, 1.165) is 25.1 Å². The molecule has 1 aromatic rings. The Morgan fingerprint density at radius 2 is 2.07 bits per heavy atom. The Kier molecular flexibility index (Phi) is 4.60. The molecule has 0 spiro atoms. The minimum Gasteiger partial charge on any atom is -0.345 e. The molecule has 0 aromatic carbocycles. The van der Waals surface area contributed by atoms with Crippen LogP contribution in [0.2, 0.25) is 0 Å². The molecule has 0 radical (unpaired) electrons. The highest BCUT2D eigenvalue weighted by atomic mass is 16.1.